The van der Waals surface area contributed by atoms with Crippen molar-refractivity contribution in [2.75, 3.05) is 26.2 Å². The number of imide groups is 1. The number of rotatable bonds is 5. The quantitative estimate of drug-likeness (QED) is 0.786. The van der Waals surface area contributed by atoms with Gasteiger partial charge in [-0.3, -0.25) is 19.3 Å². The molecular weight excluding hydrogens is 375 g/mol. The van der Waals surface area contributed by atoms with Gasteiger partial charge in [0.25, 0.3) is 11.8 Å². The number of aliphatic carboxylic acids is 1. The minimum absolute atomic E-state index is 0.191. The van der Waals surface area contributed by atoms with Crippen molar-refractivity contribution < 1.29 is 23.9 Å². The number of amides is 2. The molecule has 29 heavy (non-hydrogen) atoms. The van der Waals surface area contributed by atoms with Crippen LogP contribution in [0.4, 0.5) is 4.39 Å². The third kappa shape index (κ3) is 3.65. The molecule has 1 saturated heterocycles. The average molecular weight is 396 g/mol. The molecule has 2 atom stereocenters. The Labute approximate surface area is 167 Å². The van der Waals surface area contributed by atoms with Crippen molar-refractivity contribution in [3.8, 4) is 0 Å². The number of fused-ring (bicyclic) bond motifs is 1. The van der Waals surface area contributed by atoms with Gasteiger partial charge < -0.3 is 10.0 Å². The van der Waals surface area contributed by atoms with Crippen molar-refractivity contribution in [1.29, 1.82) is 0 Å². The van der Waals surface area contributed by atoms with Gasteiger partial charge >= 0.3 is 5.97 Å². The fraction of sp³-hybridized carbons (Fsp3) is 0.318. The van der Waals surface area contributed by atoms with Crippen LogP contribution in [0.5, 0.6) is 0 Å². The van der Waals surface area contributed by atoms with Gasteiger partial charge in [-0.2, -0.15) is 0 Å². The third-order valence-electron chi connectivity index (χ3n) is 5.83. The van der Waals surface area contributed by atoms with E-state index in [0.29, 0.717) is 37.2 Å². The van der Waals surface area contributed by atoms with Gasteiger partial charge in [0.15, 0.2) is 0 Å². The SMILES string of the molecule is O=C(O)C1CN(CCN2C(=O)c3ccccc3C2=O)CCC1c1ccc(F)cc1. The Balaban J connectivity index is 1.41. The molecule has 1 fully saturated rings. The van der Waals surface area contributed by atoms with Gasteiger partial charge in [-0.15, -0.1) is 0 Å². The minimum atomic E-state index is -0.898. The first-order valence-electron chi connectivity index (χ1n) is 9.61. The Hall–Kier alpha value is -3.06. The fourth-order valence-corrected chi connectivity index (χ4v) is 4.27. The average Bonchev–Trinajstić information content (AvgIpc) is 2.97. The highest BCUT2D eigenvalue weighted by Crippen LogP contribution is 2.33. The van der Waals surface area contributed by atoms with E-state index < -0.39 is 11.9 Å². The molecule has 2 unspecified atom stereocenters. The van der Waals surface area contributed by atoms with E-state index in [1.54, 1.807) is 36.4 Å². The molecule has 2 heterocycles. The summed E-state index contributed by atoms with van der Waals surface area (Å²) in [5.74, 6) is -2.67. The summed E-state index contributed by atoms with van der Waals surface area (Å²) >= 11 is 0. The number of piperidine rings is 1. The van der Waals surface area contributed by atoms with Crippen LogP contribution in [0.3, 0.4) is 0 Å². The zero-order valence-corrected chi connectivity index (χ0v) is 15.8. The summed E-state index contributed by atoms with van der Waals surface area (Å²) in [5, 5.41) is 9.71. The second kappa shape index (κ2) is 7.75. The van der Waals surface area contributed by atoms with Crippen LogP contribution in [-0.2, 0) is 4.79 Å². The number of likely N-dealkylation sites (tertiary alicyclic amines) is 1. The van der Waals surface area contributed by atoms with E-state index in [0.717, 1.165) is 5.56 Å². The molecule has 0 radical (unpaired) electrons. The number of carboxylic acid groups (broad SMARTS) is 1. The lowest BCUT2D eigenvalue weighted by atomic mass is 9.80. The zero-order chi connectivity index (χ0) is 20.5. The van der Waals surface area contributed by atoms with Crippen LogP contribution in [0.2, 0.25) is 0 Å². The van der Waals surface area contributed by atoms with Gasteiger partial charge in [-0.05, 0) is 48.7 Å². The number of carboxylic acids is 1. The van der Waals surface area contributed by atoms with E-state index in [9.17, 15) is 23.9 Å². The summed E-state index contributed by atoms with van der Waals surface area (Å²) in [6, 6.07) is 12.7. The second-order valence-electron chi connectivity index (χ2n) is 7.50. The number of halogens is 1. The molecule has 6 nitrogen and oxygen atoms in total. The summed E-state index contributed by atoms with van der Waals surface area (Å²) in [5.41, 5.74) is 1.64. The Bertz CT molecular complexity index is 925. The van der Waals surface area contributed by atoms with E-state index in [1.165, 1.54) is 17.0 Å². The van der Waals surface area contributed by atoms with E-state index in [1.807, 2.05) is 4.90 Å². The van der Waals surface area contributed by atoms with Crippen LogP contribution in [0.25, 0.3) is 0 Å². The standard InChI is InChI=1S/C22H21FN2O4/c23-15-7-5-14(6-8-15)16-9-10-24(13-19(16)22(28)29)11-12-25-20(26)17-3-1-2-4-18(17)21(25)27/h1-8,16,19H,9-13H2,(H,28,29). The van der Waals surface area contributed by atoms with Crippen molar-refractivity contribution in [3.63, 3.8) is 0 Å². The van der Waals surface area contributed by atoms with Crippen molar-refractivity contribution in [3.05, 3.63) is 71.0 Å². The number of hydrogen-bond acceptors (Lipinski definition) is 4. The van der Waals surface area contributed by atoms with Crippen LogP contribution in [0, 0.1) is 11.7 Å². The topological polar surface area (TPSA) is 77.9 Å². The summed E-state index contributed by atoms with van der Waals surface area (Å²) in [6.45, 7) is 1.61. The van der Waals surface area contributed by atoms with Gasteiger partial charge in [-0.1, -0.05) is 24.3 Å². The molecule has 2 aromatic rings. The monoisotopic (exact) mass is 396 g/mol. The first-order valence-corrected chi connectivity index (χ1v) is 9.61. The molecule has 7 heteroatoms. The van der Waals surface area contributed by atoms with E-state index in [-0.39, 0.29) is 30.1 Å². The number of nitrogens with zero attached hydrogens (tertiary/aromatic N) is 2. The smallest absolute Gasteiger partial charge is 0.308 e. The predicted molar refractivity (Wildman–Crippen MR) is 103 cm³/mol. The molecule has 4 rings (SSSR count). The summed E-state index contributed by atoms with van der Waals surface area (Å²) < 4.78 is 13.2. The molecule has 0 aliphatic carbocycles. The lowest BCUT2D eigenvalue weighted by molar-refractivity contribution is -0.144. The third-order valence-corrected chi connectivity index (χ3v) is 5.83. The predicted octanol–water partition coefficient (Wildman–Crippen LogP) is 2.61. The highest BCUT2D eigenvalue weighted by atomic mass is 19.1. The zero-order valence-electron chi connectivity index (χ0n) is 15.8. The lowest BCUT2D eigenvalue weighted by Gasteiger charge is -2.37. The Kier molecular flexibility index (Phi) is 5.15. The van der Waals surface area contributed by atoms with Crippen LogP contribution in [0.1, 0.15) is 38.6 Å². The maximum atomic E-state index is 13.2. The molecule has 0 spiro atoms. The second-order valence-corrected chi connectivity index (χ2v) is 7.50. The molecular formula is C22H21FN2O4. The van der Waals surface area contributed by atoms with E-state index >= 15 is 0 Å². The van der Waals surface area contributed by atoms with E-state index in [4.69, 9.17) is 0 Å². The first-order chi connectivity index (χ1) is 14.0. The van der Waals surface area contributed by atoms with Gasteiger partial charge in [0.2, 0.25) is 0 Å². The molecule has 2 amide bonds. The molecule has 2 aliphatic rings. The molecule has 0 saturated carbocycles. The number of carbonyl (C=O) groups is 3. The highest BCUT2D eigenvalue weighted by molar-refractivity contribution is 6.21. The molecule has 150 valence electrons. The molecule has 2 aliphatic heterocycles. The van der Waals surface area contributed by atoms with Gasteiger partial charge in [0, 0.05) is 19.6 Å². The summed E-state index contributed by atoms with van der Waals surface area (Å²) in [4.78, 5) is 40.0. The molecule has 0 aromatic heterocycles. The van der Waals surface area contributed by atoms with Crippen molar-refractivity contribution in [2.45, 2.75) is 12.3 Å². The maximum absolute atomic E-state index is 13.2. The largest absolute Gasteiger partial charge is 0.481 e. The Morgan fingerprint density at radius 2 is 1.62 bits per heavy atom. The highest BCUT2D eigenvalue weighted by Gasteiger charge is 2.38. The molecule has 2 aromatic carbocycles. The summed E-state index contributed by atoms with van der Waals surface area (Å²) in [6.07, 6.45) is 0.616. The lowest BCUT2D eigenvalue weighted by Crippen LogP contribution is -2.46. The van der Waals surface area contributed by atoms with Gasteiger partial charge in [0.05, 0.1) is 17.0 Å². The Morgan fingerprint density at radius 1 is 1.00 bits per heavy atom. The van der Waals surface area contributed by atoms with Gasteiger partial charge in [-0.25, -0.2) is 4.39 Å². The normalized spacial score (nSPS) is 22.0. The number of carbonyl (C=O) groups excluding carboxylic acids is 2. The van der Waals surface area contributed by atoms with Crippen LogP contribution in [-0.4, -0.2) is 58.9 Å². The van der Waals surface area contributed by atoms with Crippen molar-refractivity contribution in [1.82, 2.24) is 9.80 Å². The fourth-order valence-electron chi connectivity index (χ4n) is 4.27. The van der Waals surface area contributed by atoms with Crippen molar-refractivity contribution >= 4 is 17.8 Å². The van der Waals surface area contributed by atoms with Crippen LogP contribution >= 0.6 is 0 Å². The van der Waals surface area contributed by atoms with Crippen LogP contribution in [0.15, 0.2) is 48.5 Å². The Morgan fingerprint density at radius 3 is 2.21 bits per heavy atom. The van der Waals surface area contributed by atoms with Crippen LogP contribution < -0.4 is 0 Å². The first kappa shape index (κ1) is 19.3. The summed E-state index contributed by atoms with van der Waals surface area (Å²) in [7, 11) is 0. The van der Waals surface area contributed by atoms with E-state index in [2.05, 4.69) is 0 Å². The number of hydrogen-bond donors (Lipinski definition) is 1. The van der Waals surface area contributed by atoms with Gasteiger partial charge in [0.1, 0.15) is 5.82 Å². The molecule has 0 bridgehead atoms. The van der Waals surface area contributed by atoms with Crippen molar-refractivity contribution in [2.24, 2.45) is 5.92 Å². The number of benzene rings is 2. The minimum Gasteiger partial charge on any atom is -0.481 e. The maximum Gasteiger partial charge on any atom is 0.308 e. The molecule has 1 N–H and O–H groups in total.